The Bertz CT molecular complexity index is 1660. The van der Waals surface area contributed by atoms with Gasteiger partial charge < -0.3 is 9.88 Å². The van der Waals surface area contributed by atoms with Crippen molar-refractivity contribution in [1.29, 1.82) is 0 Å². The van der Waals surface area contributed by atoms with Crippen LogP contribution in [0.2, 0.25) is 0 Å². The number of benzene rings is 5. The molecule has 1 aromatic heterocycles. The van der Waals surface area contributed by atoms with Gasteiger partial charge >= 0.3 is 0 Å². The number of fused-ring (bicyclic) bond motifs is 5. The predicted molar refractivity (Wildman–Crippen MR) is 142 cm³/mol. The van der Waals surface area contributed by atoms with Gasteiger partial charge in [-0.25, -0.2) is 0 Å². The molecule has 162 valence electrons. The lowest BCUT2D eigenvalue weighted by atomic mass is 9.67. The summed E-state index contributed by atoms with van der Waals surface area (Å²) in [6, 6.07) is 43.8. The molecule has 0 saturated heterocycles. The Morgan fingerprint density at radius 1 is 0.559 bits per heavy atom. The first-order chi connectivity index (χ1) is 16.7. The largest absolute Gasteiger partial charge is 0.354 e. The monoisotopic (exact) mass is 436 g/mol. The van der Waals surface area contributed by atoms with E-state index >= 15 is 0 Å². The molecule has 0 amide bonds. The third kappa shape index (κ3) is 2.57. The van der Waals surface area contributed by atoms with Gasteiger partial charge in [0, 0.05) is 32.9 Å². The zero-order chi connectivity index (χ0) is 22.7. The van der Waals surface area contributed by atoms with Gasteiger partial charge in [0.25, 0.3) is 0 Å². The lowest BCUT2D eigenvalue weighted by Crippen LogP contribution is -2.34. The summed E-state index contributed by atoms with van der Waals surface area (Å²) in [4.78, 5) is 6.08. The Morgan fingerprint density at radius 2 is 1.24 bits per heavy atom. The molecule has 1 aliphatic rings. The van der Waals surface area contributed by atoms with Crippen molar-refractivity contribution < 1.29 is 0 Å². The van der Waals surface area contributed by atoms with E-state index in [0.29, 0.717) is 0 Å². The SMILES string of the molecule is CC1(c2ccccc2)c2ccccc2N(c2ccccc2)c2cc3[nH]c4ccccc4c3cc21. The van der Waals surface area contributed by atoms with Crippen LogP contribution in [-0.2, 0) is 5.41 Å². The second-order valence-electron chi connectivity index (χ2n) is 9.26. The van der Waals surface area contributed by atoms with Crippen LogP contribution in [0.1, 0.15) is 23.6 Å². The number of aromatic amines is 1. The number of hydrogen-bond acceptors (Lipinski definition) is 1. The zero-order valence-corrected chi connectivity index (χ0v) is 19.0. The van der Waals surface area contributed by atoms with Crippen molar-refractivity contribution in [3.63, 3.8) is 0 Å². The molecule has 0 bridgehead atoms. The summed E-state index contributed by atoms with van der Waals surface area (Å²) < 4.78 is 0. The first-order valence-electron chi connectivity index (χ1n) is 11.8. The number of para-hydroxylation sites is 3. The minimum Gasteiger partial charge on any atom is -0.354 e. The number of hydrogen-bond donors (Lipinski definition) is 1. The van der Waals surface area contributed by atoms with Gasteiger partial charge in [0.2, 0.25) is 0 Å². The summed E-state index contributed by atoms with van der Waals surface area (Å²) >= 11 is 0. The van der Waals surface area contributed by atoms with Crippen molar-refractivity contribution in [2.45, 2.75) is 12.3 Å². The van der Waals surface area contributed by atoms with E-state index in [0.717, 1.165) is 5.52 Å². The minimum absolute atomic E-state index is 0.287. The Labute approximate surface area is 199 Å². The average Bonchev–Trinajstić information content (AvgIpc) is 3.27. The Kier molecular flexibility index (Phi) is 4.01. The maximum absolute atomic E-state index is 3.66. The molecule has 5 aromatic carbocycles. The number of anilines is 3. The lowest BCUT2D eigenvalue weighted by Gasteiger charge is -2.44. The Hall–Kier alpha value is -4.30. The van der Waals surface area contributed by atoms with Gasteiger partial charge in [-0.05, 0) is 60.0 Å². The van der Waals surface area contributed by atoms with Gasteiger partial charge in [-0.15, -0.1) is 0 Å². The van der Waals surface area contributed by atoms with Crippen LogP contribution in [0.5, 0.6) is 0 Å². The molecule has 1 aliphatic heterocycles. The molecule has 2 nitrogen and oxygen atoms in total. The number of nitrogens with zero attached hydrogens (tertiary/aromatic N) is 1. The van der Waals surface area contributed by atoms with Crippen molar-refractivity contribution >= 4 is 38.9 Å². The molecular weight excluding hydrogens is 412 g/mol. The zero-order valence-electron chi connectivity index (χ0n) is 19.0. The van der Waals surface area contributed by atoms with Crippen LogP contribution >= 0.6 is 0 Å². The molecule has 2 heterocycles. The van der Waals surface area contributed by atoms with Crippen LogP contribution in [0.3, 0.4) is 0 Å². The molecule has 0 aliphatic carbocycles. The highest BCUT2D eigenvalue weighted by atomic mass is 15.2. The smallest absolute Gasteiger partial charge is 0.0527 e. The molecule has 34 heavy (non-hydrogen) atoms. The third-order valence-corrected chi connectivity index (χ3v) is 7.45. The van der Waals surface area contributed by atoms with Crippen molar-refractivity contribution in [2.75, 3.05) is 4.90 Å². The van der Waals surface area contributed by atoms with Crippen LogP contribution in [-0.4, -0.2) is 4.98 Å². The summed E-state index contributed by atoms with van der Waals surface area (Å²) in [6.45, 7) is 2.38. The fourth-order valence-electron chi connectivity index (χ4n) is 5.78. The maximum Gasteiger partial charge on any atom is 0.0527 e. The standard InChI is InChI=1S/C32H24N2/c1-32(22-12-4-2-5-13-22)26-17-9-11-19-30(26)34(23-14-6-3-7-15-23)31-21-29-25(20-27(31)32)24-16-8-10-18-28(24)33-29/h2-21,33H,1H3. The molecule has 0 spiro atoms. The Balaban J connectivity index is 1.64. The number of rotatable bonds is 2. The first-order valence-corrected chi connectivity index (χ1v) is 11.8. The van der Waals surface area contributed by atoms with E-state index < -0.39 is 0 Å². The molecule has 2 heteroatoms. The number of nitrogens with one attached hydrogen (secondary N) is 1. The van der Waals surface area contributed by atoms with Gasteiger partial charge in [-0.1, -0.05) is 84.9 Å². The van der Waals surface area contributed by atoms with E-state index in [4.69, 9.17) is 0 Å². The van der Waals surface area contributed by atoms with E-state index in [9.17, 15) is 0 Å². The molecular formula is C32H24N2. The highest BCUT2D eigenvalue weighted by molar-refractivity contribution is 6.09. The lowest BCUT2D eigenvalue weighted by molar-refractivity contribution is 0.682. The van der Waals surface area contributed by atoms with Crippen LogP contribution < -0.4 is 4.90 Å². The number of H-pyrrole nitrogens is 1. The highest BCUT2D eigenvalue weighted by Crippen LogP contribution is 2.55. The van der Waals surface area contributed by atoms with Gasteiger partial charge in [0.05, 0.1) is 11.4 Å². The summed E-state index contributed by atoms with van der Waals surface area (Å²) in [7, 11) is 0. The van der Waals surface area contributed by atoms with E-state index in [2.05, 4.69) is 138 Å². The molecule has 0 saturated carbocycles. The van der Waals surface area contributed by atoms with E-state index in [-0.39, 0.29) is 5.41 Å². The topological polar surface area (TPSA) is 19.0 Å². The van der Waals surface area contributed by atoms with Crippen molar-refractivity contribution in [1.82, 2.24) is 4.98 Å². The van der Waals surface area contributed by atoms with Gasteiger partial charge in [0.1, 0.15) is 0 Å². The molecule has 0 radical (unpaired) electrons. The molecule has 0 fully saturated rings. The summed E-state index contributed by atoms with van der Waals surface area (Å²) in [5.41, 5.74) is 9.59. The minimum atomic E-state index is -0.287. The van der Waals surface area contributed by atoms with Crippen LogP contribution in [0.15, 0.2) is 121 Å². The van der Waals surface area contributed by atoms with Crippen molar-refractivity contribution in [3.8, 4) is 0 Å². The van der Waals surface area contributed by atoms with Crippen molar-refractivity contribution in [3.05, 3.63) is 138 Å². The van der Waals surface area contributed by atoms with Crippen LogP contribution in [0.25, 0.3) is 21.8 Å². The first kappa shape index (κ1) is 19.2. The molecule has 1 atom stereocenters. The van der Waals surface area contributed by atoms with Gasteiger partial charge in [-0.2, -0.15) is 0 Å². The normalized spacial score (nSPS) is 17.0. The molecule has 7 rings (SSSR count). The second-order valence-corrected chi connectivity index (χ2v) is 9.26. The average molecular weight is 437 g/mol. The van der Waals surface area contributed by atoms with Gasteiger partial charge in [-0.3, -0.25) is 0 Å². The van der Waals surface area contributed by atoms with E-state index in [1.54, 1.807) is 0 Å². The highest BCUT2D eigenvalue weighted by Gasteiger charge is 2.41. The van der Waals surface area contributed by atoms with Crippen LogP contribution in [0.4, 0.5) is 17.1 Å². The van der Waals surface area contributed by atoms with Crippen LogP contribution in [0, 0.1) is 0 Å². The fraction of sp³-hybridized carbons (Fsp3) is 0.0625. The second kappa shape index (κ2) is 7.10. The molecule has 6 aromatic rings. The van der Waals surface area contributed by atoms with E-state index in [1.165, 1.54) is 50.0 Å². The van der Waals surface area contributed by atoms with Crippen molar-refractivity contribution in [2.24, 2.45) is 0 Å². The summed E-state index contributed by atoms with van der Waals surface area (Å²) in [5, 5.41) is 2.53. The third-order valence-electron chi connectivity index (χ3n) is 7.45. The molecule has 1 unspecified atom stereocenters. The fourth-order valence-corrected chi connectivity index (χ4v) is 5.78. The molecule has 1 N–H and O–H groups in total. The summed E-state index contributed by atoms with van der Waals surface area (Å²) in [6.07, 6.45) is 0. The predicted octanol–water partition coefficient (Wildman–Crippen LogP) is 8.46. The Morgan fingerprint density at radius 3 is 2.06 bits per heavy atom. The maximum atomic E-state index is 3.66. The summed E-state index contributed by atoms with van der Waals surface area (Å²) in [5.74, 6) is 0. The quantitative estimate of drug-likeness (QED) is 0.288. The van der Waals surface area contributed by atoms with E-state index in [1.807, 2.05) is 0 Å². The number of aromatic nitrogens is 1. The van der Waals surface area contributed by atoms with Gasteiger partial charge in [0.15, 0.2) is 0 Å².